The first-order valence-corrected chi connectivity index (χ1v) is 9.97. The Kier molecular flexibility index (Phi) is 11.1. The minimum atomic E-state index is 0. The van der Waals surface area contributed by atoms with Crippen molar-refractivity contribution in [1.29, 1.82) is 0 Å². The molecule has 0 atom stereocenters. The number of allylic oxidation sites excluding steroid dienone is 1. The lowest BCUT2D eigenvalue weighted by molar-refractivity contribution is 0.543. The predicted octanol–water partition coefficient (Wildman–Crippen LogP) is 6.77. The van der Waals surface area contributed by atoms with E-state index < -0.39 is 0 Å². The second-order valence-corrected chi connectivity index (χ2v) is 5.66. The quantitative estimate of drug-likeness (QED) is 0.493. The summed E-state index contributed by atoms with van der Waals surface area (Å²) in [5.74, 6) is 1.59. The van der Waals surface area contributed by atoms with Gasteiger partial charge in [0.25, 0.3) is 0 Å². The van der Waals surface area contributed by atoms with Gasteiger partial charge in [0.15, 0.2) is 0 Å². The van der Waals surface area contributed by atoms with Gasteiger partial charge in [-0.05, 0) is 51.3 Å². The highest BCUT2D eigenvalue weighted by molar-refractivity contribution is 7.79. The molecule has 1 aromatic carbocycles. The summed E-state index contributed by atoms with van der Waals surface area (Å²) in [7, 11) is 0. The molecule has 0 aliphatic rings. The SMILES string of the molecule is C.C=Cc1oc(/C=c2\c(=C)oc3ccc(C)cc23)c(C)c1/C=C/C.CC.CS. The number of furan rings is 2. The molecule has 0 bridgehead atoms. The van der Waals surface area contributed by atoms with E-state index in [-0.39, 0.29) is 7.43 Å². The van der Waals surface area contributed by atoms with Gasteiger partial charge in [-0.3, -0.25) is 0 Å². The summed E-state index contributed by atoms with van der Waals surface area (Å²) >= 11 is 3.53. The van der Waals surface area contributed by atoms with Crippen molar-refractivity contribution in [3.8, 4) is 0 Å². The maximum Gasteiger partial charge on any atom is 0.135 e. The van der Waals surface area contributed by atoms with Gasteiger partial charge in [0.2, 0.25) is 0 Å². The van der Waals surface area contributed by atoms with E-state index >= 15 is 0 Å². The number of hydrogen-bond acceptors (Lipinski definition) is 3. The maximum absolute atomic E-state index is 5.96. The summed E-state index contributed by atoms with van der Waals surface area (Å²) < 4.78 is 11.7. The predicted molar refractivity (Wildman–Crippen MR) is 131 cm³/mol. The molecule has 3 heteroatoms. The molecule has 0 spiro atoms. The Morgan fingerprint density at radius 1 is 1.04 bits per heavy atom. The van der Waals surface area contributed by atoms with Gasteiger partial charge >= 0.3 is 0 Å². The average Bonchev–Trinajstić information content (AvgIpc) is 3.16. The molecule has 3 aromatic rings. The smallest absolute Gasteiger partial charge is 0.135 e. The average molecular weight is 399 g/mol. The zero-order valence-corrected chi connectivity index (χ0v) is 18.1. The fraction of sp³-hybridized carbons (Fsp3) is 0.280. The maximum atomic E-state index is 5.96. The summed E-state index contributed by atoms with van der Waals surface area (Å²) in [5, 5.41) is 2.02. The van der Waals surface area contributed by atoms with Crippen LogP contribution in [-0.4, -0.2) is 6.26 Å². The molecule has 0 aliphatic heterocycles. The van der Waals surface area contributed by atoms with Gasteiger partial charge in [0, 0.05) is 21.7 Å². The Morgan fingerprint density at radius 2 is 1.68 bits per heavy atom. The highest BCUT2D eigenvalue weighted by Gasteiger charge is 2.12. The van der Waals surface area contributed by atoms with Crippen molar-refractivity contribution in [1.82, 2.24) is 0 Å². The Morgan fingerprint density at radius 3 is 2.25 bits per heavy atom. The number of aryl methyl sites for hydroxylation is 1. The van der Waals surface area contributed by atoms with Crippen molar-refractivity contribution in [2.24, 2.45) is 0 Å². The fourth-order valence-electron chi connectivity index (χ4n) is 2.80. The Balaban J connectivity index is 0.00000137. The topological polar surface area (TPSA) is 26.3 Å². The third-order valence-electron chi connectivity index (χ3n) is 4.01. The van der Waals surface area contributed by atoms with Crippen LogP contribution in [0.1, 0.15) is 56.4 Å². The summed E-state index contributed by atoms with van der Waals surface area (Å²) in [6.07, 6.45) is 9.47. The molecule has 0 amide bonds. The number of rotatable bonds is 3. The molecule has 0 fully saturated rings. The van der Waals surface area contributed by atoms with Crippen LogP contribution in [0.4, 0.5) is 0 Å². The zero-order valence-electron chi connectivity index (χ0n) is 17.2. The van der Waals surface area contributed by atoms with Crippen LogP contribution in [0.25, 0.3) is 35.8 Å². The highest BCUT2D eigenvalue weighted by Crippen LogP contribution is 2.25. The van der Waals surface area contributed by atoms with Crippen LogP contribution in [0.3, 0.4) is 0 Å². The third-order valence-corrected chi connectivity index (χ3v) is 4.01. The Hall–Kier alpha value is -2.39. The number of fused-ring (bicyclic) bond motifs is 1. The summed E-state index contributed by atoms with van der Waals surface area (Å²) in [6.45, 7) is 18.0. The summed E-state index contributed by atoms with van der Waals surface area (Å²) in [6, 6.07) is 6.12. The molecule has 0 N–H and O–H groups in total. The second kappa shape index (κ2) is 12.1. The standard InChI is InChI=1S/C21H20O2.C2H6.CH4S.CH4/c1-6-8-16-14(4)21(23-19(16)7-2)12-17-15(5)22-20-10-9-13(3)11-18(17)20;2*1-2;/h6-12H,2,5H2,1,3-4H3;1-2H3;2H,1H3;1H4/b8-6+,17-12+;;;. The van der Waals surface area contributed by atoms with E-state index in [9.17, 15) is 0 Å². The van der Waals surface area contributed by atoms with Crippen molar-refractivity contribution < 1.29 is 8.83 Å². The van der Waals surface area contributed by atoms with Gasteiger partial charge in [-0.1, -0.05) is 58.2 Å². The molecule has 28 heavy (non-hydrogen) atoms. The zero-order chi connectivity index (χ0) is 20.6. The lowest BCUT2D eigenvalue weighted by atomic mass is 10.1. The molecule has 0 saturated heterocycles. The molecular weight excluding hydrogens is 364 g/mol. The summed E-state index contributed by atoms with van der Waals surface area (Å²) in [5.41, 5.74) is 4.82. The first-order chi connectivity index (χ1) is 13.0. The van der Waals surface area contributed by atoms with Crippen LogP contribution in [0.2, 0.25) is 0 Å². The van der Waals surface area contributed by atoms with Crippen LogP contribution in [0.5, 0.6) is 0 Å². The molecule has 2 aromatic heterocycles. The van der Waals surface area contributed by atoms with E-state index in [1.165, 1.54) is 5.56 Å². The van der Waals surface area contributed by atoms with Gasteiger partial charge in [0.1, 0.15) is 22.5 Å². The van der Waals surface area contributed by atoms with E-state index in [4.69, 9.17) is 8.83 Å². The Labute approximate surface area is 175 Å². The Bertz CT molecular complexity index is 1030. The lowest BCUT2D eigenvalue weighted by Gasteiger charge is -1.92. The minimum absolute atomic E-state index is 0. The van der Waals surface area contributed by atoms with Crippen molar-refractivity contribution in [3.05, 3.63) is 69.7 Å². The van der Waals surface area contributed by atoms with Crippen molar-refractivity contribution in [2.45, 2.75) is 42.0 Å². The monoisotopic (exact) mass is 398 g/mol. The van der Waals surface area contributed by atoms with Crippen LogP contribution in [0.15, 0.2) is 39.7 Å². The van der Waals surface area contributed by atoms with Crippen molar-refractivity contribution in [2.75, 3.05) is 6.26 Å². The fourth-order valence-corrected chi connectivity index (χ4v) is 2.80. The third kappa shape index (κ3) is 5.32. The second-order valence-electron chi connectivity index (χ2n) is 5.66. The van der Waals surface area contributed by atoms with E-state index in [1.807, 2.05) is 58.1 Å². The molecule has 2 nitrogen and oxygen atoms in total. The van der Waals surface area contributed by atoms with Crippen LogP contribution in [0, 0.1) is 13.8 Å². The van der Waals surface area contributed by atoms with Crippen LogP contribution in [-0.2, 0) is 0 Å². The minimum Gasteiger partial charge on any atom is -0.457 e. The molecule has 0 aliphatic carbocycles. The summed E-state index contributed by atoms with van der Waals surface area (Å²) in [4.78, 5) is 0. The number of benzene rings is 1. The molecule has 2 heterocycles. The van der Waals surface area contributed by atoms with E-state index in [1.54, 1.807) is 12.3 Å². The number of thiol groups is 1. The van der Waals surface area contributed by atoms with Gasteiger partial charge in [-0.25, -0.2) is 0 Å². The van der Waals surface area contributed by atoms with Gasteiger partial charge in [0.05, 0.1) is 0 Å². The molecule has 0 unspecified atom stereocenters. The van der Waals surface area contributed by atoms with Gasteiger partial charge in [-0.2, -0.15) is 12.6 Å². The first kappa shape index (κ1) is 25.6. The van der Waals surface area contributed by atoms with Gasteiger partial charge < -0.3 is 8.83 Å². The molecular formula is C25H34O2S. The van der Waals surface area contributed by atoms with Gasteiger partial charge in [-0.15, -0.1) is 0 Å². The molecule has 0 saturated carbocycles. The van der Waals surface area contributed by atoms with Crippen molar-refractivity contribution in [3.63, 3.8) is 0 Å². The van der Waals surface area contributed by atoms with E-state index in [0.29, 0.717) is 5.42 Å². The lowest BCUT2D eigenvalue weighted by Crippen LogP contribution is -2.18. The van der Waals surface area contributed by atoms with Crippen molar-refractivity contribution >= 4 is 48.4 Å². The van der Waals surface area contributed by atoms with E-state index in [0.717, 1.165) is 38.8 Å². The highest BCUT2D eigenvalue weighted by atomic mass is 32.1. The van der Waals surface area contributed by atoms with E-state index in [2.05, 4.69) is 38.8 Å². The van der Waals surface area contributed by atoms with Crippen LogP contribution >= 0.6 is 12.6 Å². The molecule has 3 rings (SSSR count). The largest absolute Gasteiger partial charge is 0.457 e. The normalized spacial score (nSPS) is 10.8. The molecule has 152 valence electrons. The number of hydrogen-bond donors (Lipinski definition) is 1. The first-order valence-electron chi connectivity index (χ1n) is 9.08. The molecule has 0 radical (unpaired) electrons. The van der Waals surface area contributed by atoms with Crippen LogP contribution < -0.4 is 10.6 Å².